The maximum Gasteiger partial charge on any atom is 0.291 e. The molecule has 1 unspecified atom stereocenters. The molecule has 0 aliphatic carbocycles. The molecule has 2 aromatic carbocycles. The van der Waals surface area contributed by atoms with Gasteiger partial charge in [-0.15, -0.1) is 0 Å². The van der Waals surface area contributed by atoms with Crippen LogP contribution in [0.5, 0.6) is 0 Å². The molecule has 0 saturated heterocycles. The lowest BCUT2D eigenvalue weighted by Crippen LogP contribution is -1.96. The Bertz CT molecular complexity index is 991. The number of thioether (sulfide) groups is 1. The molecule has 1 atom stereocenters. The molecule has 0 amide bonds. The molecular weight excluding hydrogens is 400 g/mol. The average molecular weight is 416 g/mol. The van der Waals surface area contributed by atoms with Gasteiger partial charge in [0.25, 0.3) is 5.76 Å². The summed E-state index contributed by atoms with van der Waals surface area (Å²) in [5.41, 5.74) is 4.90. The van der Waals surface area contributed by atoms with Crippen molar-refractivity contribution < 1.29 is 8.78 Å². The van der Waals surface area contributed by atoms with Gasteiger partial charge in [0, 0.05) is 34.3 Å². The summed E-state index contributed by atoms with van der Waals surface area (Å²) < 4.78 is 24.7. The molecule has 2 heterocycles. The molecule has 7 heteroatoms. The quantitative estimate of drug-likeness (QED) is 0.355. The molecule has 0 N–H and O–H groups in total. The van der Waals surface area contributed by atoms with Crippen molar-refractivity contribution >= 4 is 29.1 Å². The number of rotatable bonds is 5. The minimum Gasteiger partial charge on any atom is -0.281 e. The van der Waals surface area contributed by atoms with Crippen molar-refractivity contribution in [3.63, 3.8) is 0 Å². The number of alkyl halides is 2. The summed E-state index contributed by atoms with van der Waals surface area (Å²) in [6.07, 6.45) is 4.97. The van der Waals surface area contributed by atoms with Crippen LogP contribution >= 0.6 is 23.4 Å². The number of benzene rings is 2. The zero-order valence-electron chi connectivity index (χ0n) is 14.7. The van der Waals surface area contributed by atoms with E-state index >= 15 is 0 Å². The Morgan fingerprint density at radius 3 is 2.36 bits per heavy atom. The summed E-state index contributed by atoms with van der Waals surface area (Å²) in [6.45, 7) is 0. The van der Waals surface area contributed by atoms with E-state index in [0.29, 0.717) is 11.8 Å². The summed E-state index contributed by atoms with van der Waals surface area (Å²) >= 11 is 6.63. The molecule has 3 aromatic rings. The zero-order chi connectivity index (χ0) is 19.5. The standard InChI is InChI=1S/C21H16ClF2N3S/c22-17-4-2-1-3-16(17)19-10-9-18(27-19)14-7-5-13(6-8-14)15-11-25-21(26-12-15)28-20(23)24/h1-8,11-12,18,20H,9-10H2. The van der Waals surface area contributed by atoms with Crippen molar-refractivity contribution in [3.05, 3.63) is 77.1 Å². The molecule has 1 aliphatic rings. The van der Waals surface area contributed by atoms with Crippen molar-refractivity contribution in [1.82, 2.24) is 9.97 Å². The molecule has 28 heavy (non-hydrogen) atoms. The van der Waals surface area contributed by atoms with Gasteiger partial charge in [-0.3, -0.25) is 4.99 Å². The van der Waals surface area contributed by atoms with E-state index in [1.807, 2.05) is 48.5 Å². The maximum atomic E-state index is 12.4. The summed E-state index contributed by atoms with van der Waals surface area (Å²) in [6, 6.07) is 15.9. The van der Waals surface area contributed by atoms with Crippen LogP contribution in [0.25, 0.3) is 11.1 Å². The first-order valence-corrected chi connectivity index (χ1v) is 10.0. The summed E-state index contributed by atoms with van der Waals surface area (Å²) in [5, 5.41) is 0.800. The summed E-state index contributed by atoms with van der Waals surface area (Å²) in [7, 11) is 0. The van der Waals surface area contributed by atoms with Gasteiger partial charge in [-0.25, -0.2) is 9.97 Å². The Morgan fingerprint density at radius 1 is 0.964 bits per heavy atom. The fraction of sp³-hybridized carbons (Fsp3) is 0.190. The van der Waals surface area contributed by atoms with Crippen LogP contribution in [0.15, 0.2) is 71.1 Å². The Kier molecular flexibility index (Phi) is 5.69. The maximum absolute atomic E-state index is 12.4. The lowest BCUT2D eigenvalue weighted by molar-refractivity contribution is 0.251. The highest BCUT2D eigenvalue weighted by Crippen LogP contribution is 2.33. The number of hydrogen-bond acceptors (Lipinski definition) is 4. The molecule has 1 aromatic heterocycles. The van der Waals surface area contributed by atoms with E-state index in [0.717, 1.165) is 45.8 Å². The van der Waals surface area contributed by atoms with Gasteiger partial charge in [-0.05, 0) is 41.8 Å². The van der Waals surface area contributed by atoms with Crippen LogP contribution in [-0.4, -0.2) is 21.4 Å². The molecular formula is C21H16ClF2N3S. The predicted molar refractivity (Wildman–Crippen MR) is 109 cm³/mol. The molecule has 0 saturated carbocycles. The number of aromatic nitrogens is 2. The normalized spacial score (nSPS) is 16.4. The van der Waals surface area contributed by atoms with Crippen molar-refractivity contribution in [2.45, 2.75) is 29.8 Å². The highest BCUT2D eigenvalue weighted by molar-refractivity contribution is 7.99. The number of halogens is 3. The SMILES string of the molecule is FC(F)Sc1ncc(-c2ccc(C3CCC(c4ccccc4Cl)=N3)cc2)cn1. The fourth-order valence-corrected chi connectivity index (χ4v) is 3.87. The van der Waals surface area contributed by atoms with E-state index in [-0.39, 0.29) is 11.2 Å². The second-order valence-corrected chi connectivity index (χ2v) is 7.73. The first-order chi connectivity index (χ1) is 13.6. The molecule has 0 radical (unpaired) electrons. The second kappa shape index (κ2) is 8.37. The third-order valence-corrected chi connectivity index (χ3v) is 5.53. The largest absolute Gasteiger partial charge is 0.291 e. The van der Waals surface area contributed by atoms with Crippen LogP contribution in [-0.2, 0) is 0 Å². The topological polar surface area (TPSA) is 38.1 Å². The van der Waals surface area contributed by atoms with Crippen molar-refractivity contribution in [2.24, 2.45) is 4.99 Å². The van der Waals surface area contributed by atoms with Crippen LogP contribution in [0.2, 0.25) is 5.02 Å². The van der Waals surface area contributed by atoms with Crippen LogP contribution in [0.4, 0.5) is 8.78 Å². The lowest BCUT2D eigenvalue weighted by atomic mass is 10.0. The number of hydrogen-bond donors (Lipinski definition) is 0. The summed E-state index contributed by atoms with van der Waals surface area (Å²) in [4.78, 5) is 12.8. The van der Waals surface area contributed by atoms with E-state index in [2.05, 4.69) is 9.97 Å². The van der Waals surface area contributed by atoms with Crippen molar-refractivity contribution in [3.8, 4) is 11.1 Å². The van der Waals surface area contributed by atoms with Gasteiger partial charge in [0.2, 0.25) is 0 Å². The zero-order valence-corrected chi connectivity index (χ0v) is 16.3. The minimum atomic E-state index is -2.52. The van der Waals surface area contributed by atoms with E-state index in [4.69, 9.17) is 16.6 Å². The Balaban J connectivity index is 1.50. The van der Waals surface area contributed by atoms with Gasteiger partial charge in [-0.1, -0.05) is 54.1 Å². The Morgan fingerprint density at radius 2 is 1.68 bits per heavy atom. The second-order valence-electron chi connectivity index (χ2n) is 6.36. The summed E-state index contributed by atoms with van der Waals surface area (Å²) in [5.74, 6) is -2.52. The van der Waals surface area contributed by atoms with Crippen LogP contribution < -0.4 is 0 Å². The molecule has 1 aliphatic heterocycles. The Hall–Kier alpha value is -2.31. The van der Waals surface area contributed by atoms with Gasteiger partial charge in [0.15, 0.2) is 5.16 Å². The van der Waals surface area contributed by atoms with Crippen molar-refractivity contribution in [2.75, 3.05) is 0 Å². The van der Waals surface area contributed by atoms with Gasteiger partial charge in [0.05, 0.1) is 6.04 Å². The first-order valence-electron chi connectivity index (χ1n) is 8.79. The first kappa shape index (κ1) is 19.0. The minimum absolute atomic E-state index is 0.0720. The molecule has 0 spiro atoms. The molecule has 142 valence electrons. The Labute approximate surface area is 170 Å². The third-order valence-electron chi connectivity index (χ3n) is 4.60. The van der Waals surface area contributed by atoms with Crippen molar-refractivity contribution in [1.29, 1.82) is 0 Å². The van der Waals surface area contributed by atoms with Gasteiger partial charge in [-0.2, -0.15) is 8.78 Å². The monoisotopic (exact) mass is 415 g/mol. The number of aliphatic imine (C=N–C) groups is 1. The van der Waals surface area contributed by atoms with Crippen LogP contribution in [0, 0.1) is 0 Å². The lowest BCUT2D eigenvalue weighted by Gasteiger charge is -2.08. The number of nitrogens with zero attached hydrogens (tertiary/aromatic N) is 3. The fourth-order valence-electron chi connectivity index (χ4n) is 3.23. The average Bonchev–Trinajstić information content (AvgIpc) is 3.19. The van der Waals surface area contributed by atoms with Gasteiger partial charge < -0.3 is 0 Å². The highest BCUT2D eigenvalue weighted by Gasteiger charge is 2.21. The van der Waals surface area contributed by atoms with Gasteiger partial charge in [0.1, 0.15) is 0 Å². The van der Waals surface area contributed by atoms with Crippen LogP contribution in [0.1, 0.15) is 30.0 Å². The third kappa shape index (κ3) is 4.23. The van der Waals surface area contributed by atoms with E-state index in [9.17, 15) is 8.78 Å². The van der Waals surface area contributed by atoms with Gasteiger partial charge >= 0.3 is 0 Å². The van der Waals surface area contributed by atoms with E-state index < -0.39 is 5.76 Å². The molecule has 3 nitrogen and oxygen atoms in total. The predicted octanol–water partition coefficient (Wildman–Crippen LogP) is 6.44. The van der Waals surface area contributed by atoms with Crippen LogP contribution in [0.3, 0.4) is 0 Å². The smallest absolute Gasteiger partial charge is 0.281 e. The molecule has 0 bridgehead atoms. The highest BCUT2D eigenvalue weighted by atomic mass is 35.5. The molecule has 0 fully saturated rings. The molecule has 4 rings (SSSR count). The van der Waals surface area contributed by atoms with E-state index in [1.54, 1.807) is 12.4 Å². The van der Waals surface area contributed by atoms with E-state index in [1.165, 1.54) is 0 Å².